The molecule has 2 rings (SSSR count). The molecule has 17 heavy (non-hydrogen) atoms. The van der Waals surface area contributed by atoms with Gasteiger partial charge in [0.05, 0.1) is 6.20 Å². The summed E-state index contributed by atoms with van der Waals surface area (Å²) in [5.74, 6) is 1.50. The van der Waals surface area contributed by atoms with Crippen molar-refractivity contribution in [1.82, 2.24) is 15.5 Å². The van der Waals surface area contributed by atoms with Gasteiger partial charge in [-0.2, -0.15) is 5.10 Å². The summed E-state index contributed by atoms with van der Waals surface area (Å²) in [6, 6.07) is 0. The Hall–Kier alpha value is -1.36. The SMILES string of the molecule is Cc1cn[nH]c1NC(=O)CCC1CCNCC1. The minimum atomic E-state index is 0.0795. The fraction of sp³-hybridized carbons (Fsp3) is 0.667. The Labute approximate surface area is 101 Å². The summed E-state index contributed by atoms with van der Waals surface area (Å²) in [6.07, 6.45) is 5.68. The van der Waals surface area contributed by atoms with E-state index in [1.807, 2.05) is 6.92 Å². The maximum absolute atomic E-state index is 11.7. The van der Waals surface area contributed by atoms with Crippen LogP contribution in [0.1, 0.15) is 31.2 Å². The lowest BCUT2D eigenvalue weighted by molar-refractivity contribution is -0.116. The Morgan fingerprint density at radius 2 is 2.29 bits per heavy atom. The van der Waals surface area contributed by atoms with Crippen molar-refractivity contribution in [2.75, 3.05) is 18.4 Å². The van der Waals surface area contributed by atoms with Crippen molar-refractivity contribution < 1.29 is 4.79 Å². The first kappa shape index (κ1) is 12.1. The van der Waals surface area contributed by atoms with Crippen molar-refractivity contribution in [3.8, 4) is 0 Å². The highest BCUT2D eigenvalue weighted by molar-refractivity contribution is 5.90. The minimum absolute atomic E-state index is 0.0795. The predicted octanol–water partition coefficient (Wildman–Crippen LogP) is 1.44. The van der Waals surface area contributed by atoms with Gasteiger partial charge in [-0.1, -0.05) is 0 Å². The molecule has 1 aromatic rings. The first-order chi connectivity index (χ1) is 8.25. The van der Waals surface area contributed by atoms with E-state index in [0.717, 1.165) is 30.9 Å². The molecule has 0 bridgehead atoms. The lowest BCUT2D eigenvalue weighted by Crippen LogP contribution is -2.28. The number of nitrogens with zero attached hydrogens (tertiary/aromatic N) is 1. The van der Waals surface area contributed by atoms with Gasteiger partial charge in [0.15, 0.2) is 0 Å². The van der Waals surface area contributed by atoms with Crippen molar-refractivity contribution in [2.24, 2.45) is 5.92 Å². The quantitative estimate of drug-likeness (QED) is 0.740. The van der Waals surface area contributed by atoms with E-state index in [0.29, 0.717) is 12.3 Å². The van der Waals surface area contributed by atoms with Crippen LogP contribution in [0, 0.1) is 12.8 Å². The second-order valence-electron chi connectivity index (χ2n) is 4.71. The average molecular weight is 236 g/mol. The summed E-state index contributed by atoms with van der Waals surface area (Å²) >= 11 is 0. The molecule has 2 heterocycles. The zero-order valence-corrected chi connectivity index (χ0v) is 10.3. The molecule has 5 heteroatoms. The number of aryl methyl sites for hydroxylation is 1. The molecule has 0 saturated carbocycles. The molecule has 1 fully saturated rings. The molecule has 1 amide bonds. The summed E-state index contributed by atoms with van der Waals surface area (Å²) in [5.41, 5.74) is 0.972. The number of aromatic amines is 1. The van der Waals surface area contributed by atoms with E-state index in [1.165, 1.54) is 12.8 Å². The van der Waals surface area contributed by atoms with E-state index in [4.69, 9.17) is 0 Å². The monoisotopic (exact) mass is 236 g/mol. The third kappa shape index (κ3) is 3.56. The van der Waals surface area contributed by atoms with E-state index in [-0.39, 0.29) is 5.91 Å². The van der Waals surface area contributed by atoms with Crippen molar-refractivity contribution in [1.29, 1.82) is 0 Å². The number of amides is 1. The first-order valence-electron chi connectivity index (χ1n) is 6.26. The second kappa shape index (κ2) is 5.82. The molecule has 1 saturated heterocycles. The van der Waals surface area contributed by atoms with Gasteiger partial charge in [0.25, 0.3) is 0 Å². The van der Waals surface area contributed by atoms with E-state index >= 15 is 0 Å². The number of rotatable bonds is 4. The number of nitrogens with one attached hydrogen (secondary N) is 3. The minimum Gasteiger partial charge on any atom is -0.317 e. The highest BCUT2D eigenvalue weighted by Gasteiger charge is 2.14. The van der Waals surface area contributed by atoms with Crippen LogP contribution in [0.5, 0.6) is 0 Å². The Balaban J connectivity index is 1.72. The van der Waals surface area contributed by atoms with Crippen LogP contribution < -0.4 is 10.6 Å². The fourth-order valence-corrected chi connectivity index (χ4v) is 2.18. The molecular weight excluding hydrogens is 216 g/mol. The maximum atomic E-state index is 11.7. The number of hydrogen-bond donors (Lipinski definition) is 3. The molecule has 0 atom stereocenters. The number of piperidine rings is 1. The normalized spacial score (nSPS) is 17.0. The molecule has 1 aromatic heterocycles. The smallest absolute Gasteiger partial charge is 0.225 e. The van der Waals surface area contributed by atoms with E-state index in [1.54, 1.807) is 6.20 Å². The van der Waals surface area contributed by atoms with Gasteiger partial charge in [0.2, 0.25) is 5.91 Å². The molecule has 0 radical (unpaired) electrons. The summed E-state index contributed by atoms with van der Waals surface area (Å²) in [5, 5.41) is 12.8. The van der Waals surface area contributed by atoms with Gasteiger partial charge < -0.3 is 10.6 Å². The van der Waals surface area contributed by atoms with Crippen LogP contribution in [0.25, 0.3) is 0 Å². The van der Waals surface area contributed by atoms with Crippen LogP contribution in [0.15, 0.2) is 6.20 Å². The molecule has 3 N–H and O–H groups in total. The fourth-order valence-electron chi connectivity index (χ4n) is 2.18. The number of hydrogen-bond acceptors (Lipinski definition) is 3. The van der Waals surface area contributed by atoms with Crippen LogP contribution in [0.2, 0.25) is 0 Å². The molecule has 0 spiro atoms. The van der Waals surface area contributed by atoms with Crippen LogP contribution in [-0.2, 0) is 4.79 Å². The van der Waals surface area contributed by atoms with Gasteiger partial charge in [-0.3, -0.25) is 9.89 Å². The molecule has 0 aromatic carbocycles. The van der Waals surface area contributed by atoms with Gasteiger partial charge in [-0.25, -0.2) is 0 Å². The number of H-pyrrole nitrogens is 1. The molecule has 94 valence electrons. The van der Waals surface area contributed by atoms with Gasteiger partial charge >= 0.3 is 0 Å². The molecule has 5 nitrogen and oxygen atoms in total. The average Bonchev–Trinajstić information content (AvgIpc) is 2.74. The Bertz CT molecular complexity index is 368. The third-order valence-corrected chi connectivity index (χ3v) is 3.33. The van der Waals surface area contributed by atoms with E-state index < -0.39 is 0 Å². The van der Waals surface area contributed by atoms with Crippen molar-refractivity contribution in [3.63, 3.8) is 0 Å². The van der Waals surface area contributed by atoms with Crippen LogP contribution >= 0.6 is 0 Å². The summed E-state index contributed by atoms with van der Waals surface area (Å²) in [4.78, 5) is 11.7. The summed E-state index contributed by atoms with van der Waals surface area (Å²) in [7, 11) is 0. The molecule has 0 unspecified atom stereocenters. The van der Waals surface area contributed by atoms with Crippen molar-refractivity contribution >= 4 is 11.7 Å². The van der Waals surface area contributed by atoms with E-state index in [2.05, 4.69) is 20.8 Å². The van der Waals surface area contributed by atoms with Gasteiger partial charge in [0.1, 0.15) is 5.82 Å². The van der Waals surface area contributed by atoms with Crippen molar-refractivity contribution in [2.45, 2.75) is 32.6 Å². The van der Waals surface area contributed by atoms with Gasteiger partial charge in [-0.05, 0) is 45.2 Å². The summed E-state index contributed by atoms with van der Waals surface area (Å²) in [6.45, 7) is 4.10. The Kier molecular flexibility index (Phi) is 4.14. The predicted molar refractivity (Wildman–Crippen MR) is 66.8 cm³/mol. The molecule has 0 aliphatic carbocycles. The van der Waals surface area contributed by atoms with Crippen LogP contribution in [0.4, 0.5) is 5.82 Å². The van der Waals surface area contributed by atoms with Gasteiger partial charge in [-0.15, -0.1) is 0 Å². The van der Waals surface area contributed by atoms with Crippen molar-refractivity contribution in [3.05, 3.63) is 11.8 Å². The number of carbonyl (C=O) groups is 1. The van der Waals surface area contributed by atoms with Crippen LogP contribution in [-0.4, -0.2) is 29.2 Å². The topological polar surface area (TPSA) is 69.8 Å². The summed E-state index contributed by atoms with van der Waals surface area (Å²) < 4.78 is 0. The highest BCUT2D eigenvalue weighted by Crippen LogP contribution is 2.18. The third-order valence-electron chi connectivity index (χ3n) is 3.33. The Morgan fingerprint density at radius 1 is 1.53 bits per heavy atom. The number of carbonyl (C=O) groups excluding carboxylic acids is 1. The lowest BCUT2D eigenvalue weighted by atomic mass is 9.93. The zero-order chi connectivity index (χ0) is 12.1. The number of anilines is 1. The number of aromatic nitrogens is 2. The largest absolute Gasteiger partial charge is 0.317 e. The second-order valence-corrected chi connectivity index (χ2v) is 4.71. The van der Waals surface area contributed by atoms with E-state index in [9.17, 15) is 4.79 Å². The molecule has 1 aliphatic heterocycles. The first-order valence-corrected chi connectivity index (χ1v) is 6.26. The standard InChI is InChI=1S/C12H20N4O/c1-9-8-14-16-12(9)15-11(17)3-2-10-4-6-13-7-5-10/h8,10,13H,2-7H2,1H3,(H2,14,15,16,17). The van der Waals surface area contributed by atoms with Gasteiger partial charge in [0, 0.05) is 12.0 Å². The maximum Gasteiger partial charge on any atom is 0.225 e. The molecule has 1 aliphatic rings. The van der Waals surface area contributed by atoms with Crippen LogP contribution in [0.3, 0.4) is 0 Å². The Morgan fingerprint density at radius 3 is 2.94 bits per heavy atom. The zero-order valence-electron chi connectivity index (χ0n) is 10.3. The molecular formula is C12H20N4O. The lowest BCUT2D eigenvalue weighted by Gasteiger charge is -2.22. The highest BCUT2D eigenvalue weighted by atomic mass is 16.1.